The molecule has 1 amide bonds. The van der Waals surface area contributed by atoms with Gasteiger partial charge in [-0.2, -0.15) is 4.98 Å². The van der Waals surface area contributed by atoms with Crippen molar-refractivity contribution in [3.63, 3.8) is 0 Å². The van der Waals surface area contributed by atoms with E-state index in [0.717, 1.165) is 30.6 Å². The minimum absolute atomic E-state index is 0.165. The lowest BCUT2D eigenvalue weighted by atomic mass is 9.97. The molecule has 1 saturated heterocycles. The van der Waals surface area contributed by atoms with Crippen LogP contribution >= 0.6 is 0 Å². The summed E-state index contributed by atoms with van der Waals surface area (Å²) < 4.78 is 19.5. The molecule has 0 spiro atoms. The summed E-state index contributed by atoms with van der Waals surface area (Å²) in [6, 6.07) is 14.8. The number of aromatic nitrogens is 4. The van der Waals surface area contributed by atoms with Crippen molar-refractivity contribution < 1.29 is 18.8 Å². The van der Waals surface area contributed by atoms with Gasteiger partial charge < -0.3 is 19.3 Å². The van der Waals surface area contributed by atoms with Gasteiger partial charge in [-0.25, -0.2) is 4.68 Å². The number of methoxy groups -OCH3 is 2. The number of likely N-dealkylation sites (tertiary alicyclic amines) is 1. The van der Waals surface area contributed by atoms with Crippen molar-refractivity contribution in [2.45, 2.75) is 26.3 Å². The summed E-state index contributed by atoms with van der Waals surface area (Å²) in [5.41, 5.74) is 2.23. The third-order valence-electron chi connectivity index (χ3n) is 7.15. The second kappa shape index (κ2) is 11.2. The summed E-state index contributed by atoms with van der Waals surface area (Å²) in [5, 5.41) is 7.04. The zero-order chi connectivity index (χ0) is 27.5. The first-order valence-electron chi connectivity index (χ1n) is 12.8. The number of anilines is 1. The van der Waals surface area contributed by atoms with E-state index < -0.39 is 0 Å². The highest BCUT2D eigenvalue weighted by Gasteiger charge is 2.29. The lowest BCUT2D eigenvalue weighted by molar-refractivity contribution is -0.121. The van der Waals surface area contributed by atoms with Crippen molar-refractivity contribution in [1.29, 1.82) is 0 Å². The number of nitrogens with zero attached hydrogens (tertiary/aromatic N) is 5. The van der Waals surface area contributed by atoms with Crippen LogP contribution in [0.25, 0.3) is 17.1 Å². The van der Waals surface area contributed by atoms with Crippen molar-refractivity contribution in [3.8, 4) is 28.6 Å². The molecule has 0 radical (unpaired) electrons. The van der Waals surface area contributed by atoms with Crippen molar-refractivity contribution in [2.24, 2.45) is 13.0 Å². The number of hydrogen-bond donors (Lipinski definition) is 1. The fourth-order valence-corrected chi connectivity index (χ4v) is 4.95. The van der Waals surface area contributed by atoms with Crippen LogP contribution in [0.5, 0.6) is 11.5 Å². The van der Waals surface area contributed by atoms with Crippen LogP contribution in [0.4, 0.5) is 5.69 Å². The molecule has 0 aliphatic carbocycles. The van der Waals surface area contributed by atoms with Gasteiger partial charge in [0.05, 0.1) is 38.1 Å². The van der Waals surface area contributed by atoms with Crippen molar-refractivity contribution in [1.82, 2.24) is 24.4 Å². The smallest absolute Gasteiger partial charge is 0.295 e. The van der Waals surface area contributed by atoms with Crippen LogP contribution in [0.2, 0.25) is 0 Å². The van der Waals surface area contributed by atoms with E-state index in [1.165, 1.54) is 0 Å². The van der Waals surface area contributed by atoms with Crippen LogP contribution in [0.1, 0.15) is 24.4 Å². The maximum atomic E-state index is 13.3. The zero-order valence-corrected chi connectivity index (χ0v) is 22.5. The number of ether oxygens (including phenoxy) is 2. The Kier molecular flexibility index (Phi) is 7.51. The van der Waals surface area contributed by atoms with E-state index in [1.807, 2.05) is 50.4 Å². The number of carbonyl (C=O) groups is 1. The monoisotopic (exact) mass is 532 g/mol. The van der Waals surface area contributed by atoms with E-state index in [2.05, 4.69) is 20.4 Å². The van der Waals surface area contributed by atoms with Gasteiger partial charge in [0.15, 0.2) is 11.5 Å². The number of benzene rings is 2. The Labute approximate surface area is 225 Å². The van der Waals surface area contributed by atoms with Crippen molar-refractivity contribution in [3.05, 3.63) is 70.5 Å². The van der Waals surface area contributed by atoms with E-state index >= 15 is 0 Å². The average Bonchev–Trinajstić information content (AvgIpc) is 3.51. The molecule has 1 N–H and O–H groups in total. The quantitative estimate of drug-likeness (QED) is 0.367. The summed E-state index contributed by atoms with van der Waals surface area (Å²) in [7, 11) is 4.96. The van der Waals surface area contributed by atoms with Crippen LogP contribution in [0.15, 0.2) is 57.8 Å². The summed E-state index contributed by atoms with van der Waals surface area (Å²) in [5.74, 6) is 1.68. The Balaban J connectivity index is 1.26. The highest BCUT2D eigenvalue weighted by molar-refractivity contribution is 5.93. The van der Waals surface area contributed by atoms with Crippen molar-refractivity contribution in [2.75, 3.05) is 32.6 Å². The van der Waals surface area contributed by atoms with Gasteiger partial charge in [0, 0.05) is 19.2 Å². The van der Waals surface area contributed by atoms with Crippen LogP contribution in [0.3, 0.4) is 0 Å². The molecule has 11 nitrogen and oxygen atoms in total. The predicted octanol–water partition coefficient (Wildman–Crippen LogP) is 3.40. The van der Waals surface area contributed by atoms with Crippen molar-refractivity contribution >= 4 is 11.6 Å². The summed E-state index contributed by atoms with van der Waals surface area (Å²) >= 11 is 0. The molecule has 2 aromatic carbocycles. The lowest BCUT2D eigenvalue weighted by Gasteiger charge is -2.30. The van der Waals surface area contributed by atoms with Crippen LogP contribution in [-0.4, -0.2) is 57.6 Å². The Morgan fingerprint density at radius 1 is 1.13 bits per heavy atom. The number of para-hydroxylation sites is 1. The minimum Gasteiger partial charge on any atom is -0.493 e. The molecular formula is C28H32N6O5. The molecule has 0 saturated carbocycles. The second-order valence-corrected chi connectivity index (χ2v) is 9.58. The van der Waals surface area contributed by atoms with Gasteiger partial charge in [-0.3, -0.25) is 19.2 Å². The van der Waals surface area contributed by atoms with Gasteiger partial charge >= 0.3 is 0 Å². The molecule has 1 fully saturated rings. The molecule has 2 aromatic heterocycles. The summed E-state index contributed by atoms with van der Waals surface area (Å²) in [6.07, 6.45) is 1.58. The molecule has 1 unspecified atom stereocenters. The average molecular weight is 533 g/mol. The first-order chi connectivity index (χ1) is 18.9. The largest absolute Gasteiger partial charge is 0.493 e. The normalized spacial score (nSPS) is 15.7. The topological polar surface area (TPSA) is 117 Å². The number of hydrogen-bond acceptors (Lipinski definition) is 8. The molecule has 1 aliphatic rings. The summed E-state index contributed by atoms with van der Waals surface area (Å²) in [4.78, 5) is 33.1. The number of amides is 1. The highest BCUT2D eigenvalue weighted by Crippen LogP contribution is 2.31. The molecular weight excluding hydrogens is 500 g/mol. The number of piperidine rings is 1. The van der Waals surface area contributed by atoms with Gasteiger partial charge in [-0.1, -0.05) is 23.4 Å². The number of carbonyl (C=O) groups excluding carboxylic acids is 1. The predicted molar refractivity (Wildman–Crippen MR) is 145 cm³/mol. The van der Waals surface area contributed by atoms with E-state index in [4.69, 9.17) is 14.0 Å². The molecule has 0 bridgehead atoms. The molecule has 3 heterocycles. The van der Waals surface area contributed by atoms with Gasteiger partial charge in [-0.05, 0) is 56.6 Å². The first-order valence-corrected chi connectivity index (χ1v) is 12.8. The van der Waals surface area contributed by atoms with E-state index in [-0.39, 0.29) is 17.4 Å². The molecule has 1 aliphatic heterocycles. The third-order valence-corrected chi connectivity index (χ3v) is 7.15. The SMILES string of the molecule is COc1ccc(-c2noc(CN3CCCC(C(=O)Nc4c(C)n(C)n(-c5ccccc5)c4=O)C3)n2)cc1OC. The maximum Gasteiger partial charge on any atom is 0.295 e. The highest BCUT2D eigenvalue weighted by atomic mass is 16.5. The number of nitrogens with one attached hydrogen (secondary N) is 1. The second-order valence-electron chi connectivity index (χ2n) is 9.58. The Morgan fingerprint density at radius 2 is 1.90 bits per heavy atom. The van der Waals surface area contributed by atoms with Crippen LogP contribution < -0.4 is 20.3 Å². The molecule has 11 heteroatoms. The zero-order valence-electron chi connectivity index (χ0n) is 22.5. The first kappa shape index (κ1) is 26.2. The van der Waals surface area contributed by atoms with Crippen LogP contribution in [0, 0.1) is 12.8 Å². The van der Waals surface area contributed by atoms with E-state index in [0.29, 0.717) is 47.7 Å². The standard InChI is InChI=1S/C28H32N6O5/c1-18-25(28(36)34(32(18)2)21-10-6-5-7-11-21)30-27(35)20-9-8-14-33(16-20)17-24-29-26(31-39-24)19-12-13-22(37-3)23(15-19)38-4/h5-7,10-13,15,20H,8-9,14,16-17H2,1-4H3,(H,30,35). The maximum absolute atomic E-state index is 13.3. The molecule has 39 heavy (non-hydrogen) atoms. The fourth-order valence-electron chi connectivity index (χ4n) is 4.95. The fraction of sp³-hybridized carbons (Fsp3) is 0.357. The van der Waals surface area contributed by atoms with Gasteiger partial charge in [0.1, 0.15) is 5.69 Å². The molecule has 204 valence electrons. The molecule has 1 atom stereocenters. The Hall–Kier alpha value is -4.38. The van der Waals surface area contributed by atoms with Gasteiger partial charge in [0.25, 0.3) is 5.56 Å². The molecule has 5 rings (SSSR count). The Bertz CT molecular complexity index is 1520. The Morgan fingerprint density at radius 3 is 2.64 bits per heavy atom. The van der Waals surface area contributed by atoms with Crippen LogP contribution in [-0.2, 0) is 18.4 Å². The van der Waals surface area contributed by atoms with E-state index in [9.17, 15) is 9.59 Å². The lowest BCUT2D eigenvalue weighted by Crippen LogP contribution is -2.40. The van der Waals surface area contributed by atoms with Gasteiger partial charge in [-0.15, -0.1) is 0 Å². The minimum atomic E-state index is -0.267. The summed E-state index contributed by atoms with van der Waals surface area (Å²) in [6.45, 7) is 3.59. The number of rotatable bonds is 8. The van der Waals surface area contributed by atoms with Gasteiger partial charge in [0.2, 0.25) is 17.6 Å². The third kappa shape index (κ3) is 5.30. The molecule has 4 aromatic rings. The van der Waals surface area contributed by atoms with E-state index in [1.54, 1.807) is 35.7 Å².